The van der Waals surface area contributed by atoms with Crippen LogP contribution in [0.2, 0.25) is 0 Å². The van der Waals surface area contributed by atoms with E-state index in [0.717, 1.165) is 49.9 Å². The molecule has 0 amide bonds. The van der Waals surface area contributed by atoms with Crippen molar-refractivity contribution in [3.63, 3.8) is 0 Å². The van der Waals surface area contributed by atoms with Gasteiger partial charge in [0, 0.05) is 37.6 Å². The van der Waals surface area contributed by atoms with Gasteiger partial charge in [-0.2, -0.15) is 0 Å². The lowest BCUT2D eigenvalue weighted by molar-refractivity contribution is 0.0513. The van der Waals surface area contributed by atoms with E-state index < -0.39 is 0 Å². The maximum absolute atomic E-state index is 5.87. The minimum Gasteiger partial charge on any atom is -0.454 e. The maximum atomic E-state index is 5.87. The second-order valence-corrected chi connectivity index (χ2v) is 9.11. The monoisotopic (exact) mass is 428 g/mol. The number of aliphatic imine (C=N–C) groups is 1. The van der Waals surface area contributed by atoms with Crippen LogP contribution in [0.3, 0.4) is 0 Å². The lowest BCUT2D eigenvalue weighted by Gasteiger charge is -2.38. The fourth-order valence-corrected chi connectivity index (χ4v) is 3.93. The Morgan fingerprint density at radius 2 is 1.90 bits per heavy atom. The summed E-state index contributed by atoms with van der Waals surface area (Å²) in [5, 5.41) is 6.80. The molecular formula is C23H32N4O4. The molecule has 2 aromatic rings. The third-order valence-electron chi connectivity index (χ3n) is 5.95. The Morgan fingerprint density at radius 1 is 1.13 bits per heavy atom. The van der Waals surface area contributed by atoms with E-state index in [2.05, 4.69) is 53.5 Å². The van der Waals surface area contributed by atoms with E-state index >= 15 is 0 Å². The summed E-state index contributed by atoms with van der Waals surface area (Å²) in [6.45, 7) is 9.26. The van der Waals surface area contributed by atoms with Crippen LogP contribution in [0, 0.1) is 0 Å². The molecule has 0 radical (unpaired) electrons. The number of nitrogens with zero attached hydrogens (tertiary/aromatic N) is 2. The minimum atomic E-state index is -0.0703. The quantitative estimate of drug-likeness (QED) is 0.559. The fourth-order valence-electron chi connectivity index (χ4n) is 3.93. The Balaban J connectivity index is 1.42. The van der Waals surface area contributed by atoms with Crippen LogP contribution < -0.4 is 20.1 Å². The Hall–Kier alpha value is -2.74. The molecule has 4 rings (SSSR count). The number of aromatic nitrogens is 1. The molecule has 2 aliphatic heterocycles. The molecule has 2 aliphatic rings. The van der Waals surface area contributed by atoms with E-state index in [-0.39, 0.29) is 17.6 Å². The summed E-state index contributed by atoms with van der Waals surface area (Å²) >= 11 is 0. The number of hydrogen-bond acceptors (Lipinski definition) is 6. The van der Waals surface area contributed by atoms with Crippen molar-refractivity contribution in [2.45, 2.75) is 51.0 Å². The van der Waals surface area contributed by atoms with Crippen LogP contribution in [0.5, 0.6) is 11.5 Å². The van der Waals surface area contributed by atoms with Crippen LogP contribution >= 0.6 is 0 Å². The Kier molecular flexibility index (Phi) is 6.09. The Bertz CT molecular complexity index is 926. The SMILES string of the molecule is CN=C(NCc1ncc(C(C)(C)C)o1)NCC1(c2ccc3c(c2)OCO3)CCOCC1. The second-order valence-electron chi connectivity index (χ2n) is 9.11. The molecule has 1 fully saturated rings. The normalized spacial score (nSPS) is 18.1. The van der Waals surface area contributed by atoms with E-state index in [4.69, 9.17) is 18.6 Å². The predicted molar refractivity (Wildman–Crippen MR) is 118 cm³/mol. The third kappa shape index (κ3) is 4.79. The van der Waals surface area contributed by atoms with Crippen molar-refractivity contribution in [1.29, 1.82) is 0 Å². The molecule has 1 aromatic carbocycles. The highest BCUT2D eigenvalue weighted by Crippen LogP contribution is 2.40. The molecule has 1 saturated heterocycles. The Morgan fingerprint density at radius 3 is 2.61 bits per heavy atom. The molecule has 3 heterocycles. The summed E-state index contributed by atoms with van der Waals surface area (Å²) in [6.07, 6.45) is 3.64. The number of guanidine groups is 1. The number of nitrogens with one attached hydrogen (secondary N) is 2. The van der Waals surface area contributed by atoms with Gasteiger partial charge in [-0.1, -0.05) is 26.8 Å². The number of fused-ring (bicyclic) bond motifs is 1. The summed E-state index contributed by atoms with van der Waals surface area (Å²) < 4.78 is 22.6. The van der Waals surface area contributed by atoms with Gasteiger partial charge in [0.1, 0.15) is 5.76 Å². The zero-order valence-electron chi connectivity index (χ0n) is 18.8. The lowest BCUT2D eigenvalue weighted by atomic mass is 9.74. The molecule has 0 spiro atoms. The zero-order valence-corrected chi connectivity index (χ0v) is 18.8. The second kappa shape index (κ2) is 8.78. The molecule has 0 aliphatic carbocycles. The third-order valence-corrected chi connectivity index (χ3v) is 5.95. The van der Waals surface area contributed by atoms with Crippen LogP contribution in [0.4, 0.5) is 0 Å². The van der Waals surface area contributed by atoms with Gasteiger partial charge in [0.05, 0.1) is 12.7 Å². The van der Waals surface area contributed by atoms with Gasteiger partial charge in [-0.3, -0.25) is 4.99 Å². The number of ether oxygens (including phenoxy) is 3. The summed E-state index contributed by atoms with van der Waals surface area (Å²) in [6, 6.07) is 6.24. The number of oxazole rings is 1. The number of benzene rings is 1. The van der Waals surface area contributed by atoms with Crippen LogP contribution in [0.1, 0.15) is 50.8 Å². The van der Waals surface area contributed by atoms with Gasteiger partial charge in [-0.25, -0.2) is 4.98 Å². The molecule has 0 saturated carbocycles. The van der Waals surface area contributed by atoms with Gasteiger partial charge in [0.25, 0.3) is 0 Å². The summed E-state index contributed by atoms with van der Waals surface area (Å²) in [4.78, 5) is 8.75. The highest BCUT2D eigenvalue weighted by atomic mass is 16.7. The van der Waals surface area contributed by atoms with Crippen molar-refractivity contribution in [3.05, 3.63) is 41.6 Å². The van der Waals surface area contributed by atoms with Crippen molar-refractivity contribution in [3.8, 4) is 11.5 Å². The first-order chi connectivity index (χ1) is 14.9. The van der Waals surface area contributed by atoms with Gasteiger partial charge in [-0.05, 0) is 30.5 Å². The average molecular weight is 429 g/mol. The van der Waals surface area contributed by atoms with Crippen LogP contribution in [0.15, 0.2) is 33.8 Å². The molecule has 0 unspecified atom stereocenters. The van der Waals surface area contributed by atoms with Gasteiger partial charge < -0.3 is 29.3 Å². The van der Waals surface area contributed by atoms with Crippen molar-refractivity contribution < 1.29 is 18.6 Å². The molecule has 168 valence electrons. The number of hydrogen-bond donors (Lipinski definition) is 2. The van der Waals surface area contributed by atoms with Crippen LogP contribution in [-0.4, -0.2) is 44.5 Å². The fraction of sp³-hybridized carbons (Fsp3) is 0.565. The largest absolute Gasteiger partial charge is 0.454 e. The first kappa shape index (κ1) is 21.5. The number of rotatable bonds is 5. The molecule has 1 aromatic heterocycles. The van der Waals surface area contributed by atoms with Crippen LogP contribution in [0.25, 0.3) is 0 Å². The Labute approximate surface area is 183 Å². The predicted octanol–water partition coefficient (Wildman–Crippen LogP) is 3.11. The molecular weight excluding hydrogens is 396 g/mol. The van der Waals surface area contributed by atoms with E-state index in [9.17, 15) is 0 Å². The topological polar surface area (TPSA) is 90.1 Å². The lowest BCUT2D eigenvalue weighted by Crippen LogP contribution is -2.47. The van der Waals surface area contributed by atoms with E-state index in [0.29, 0.717) is 18.4 Å². The summed E-state index contributed by atoms with van der Waals surface area (Å²) in [5.41, 5.74) is 1.09. The van der Waals surface area contributed by atoms with E-state index in [1.165, 1.54) is 5.56 Å². The molecule has 31 heavy (non-hydrogen) atoms. The first-order valence-electron chi connectivity index (χ1n) is 10.8. The van der Waals surface area contributed by atoms with Crippen molar-refractivity contribution in [2.24, 2.45) is 4.99 Å². The van der Waals surface area contributed by atoms with E-state index in [1.54, 1.807) is 13.2 Å². The van der Waals surface area contributed by atoms with Crippen molar-refractivity contribution in [2.75, 3.05) is 33.6 Å². The van der Waals surface area contributed by atoms with Gasteiger partial charge >= 0.3 is 0 Å². The molecule has 0 atom stereocenters. The molecule has 8 nitrogen and oxygen atoms in total. The first-order valence-corrected chi connectivity index (χ1v) is 10.8. The van der Waals surface area contributed by atoms with Gasteiger partial charge in [0.15, 0.2) is 17.5 Å². The zero-order chi connectivity index (χ0) is 21.9. The van der Waals surface area contributed by atoms with Crippen molar-refractivity contribution >= 4 is 5.96 Å². The highest BCUT2D eigenvalue weighted by molar-refractivity contribution is 5.79. The minimum absolute atomic E-state index is 0.0643. The highest BCUT2D eigenvalue weighted by Gasteiger charge is 2.36. The van der Waals surface area contributed by atoms with Crippen molar-refractivity contribution in [1.82, 2.24) is 15.6 Å². The smallest absolute Gasteiger partial charge is 0.231 e. The molecule has 0 bridgehead atoms. The summed E-state index contributed by atoms with van der Waals surface area (Å²) in [5.74, 6) is 3.84. The van der Waals surface area contributed by atoms with Gasteiger partial charge in [0.2, 0.25) is 12.7 Å². The average Bonchev–Trinajstić information content (AvgIpc) is 3.43. The maximum Gasteiger partial charge on any atom is 0.231 e. The van der Waals surface area contributed by atoms with Gasteiger partial charge in [-0.15, -0.1) is 0 Å². The van der Waals surface area contributed by atoms with E-state index in [1.807, 2.05) is 6.07 Å². The standard InChI is InChI=1S/C23H32N4O4/c1-22(2,3)19-12-25-20(31-19)13-26-21(24-4)27-14-23(7-9-28-10-8-23)16-5-6-17-18(11-16)30-15-29-17/h5-6,11-12H,7-10,13-15H2,1-4H3,(H2,24,26,27). The van der Waals surface area contributed by atoms with Crippen LogP contribution in [-0.2, 0) is 22.1 Å². The molecule has 2 N–H and O–H groups in total. The molecule has 8 heteroatoms. The summed E-state index contributed by atoms with van der Waals surface area (Å²) in [7, 11) is 1.77.